The van der Waals surface area contributed by atoms with E-state index in [1.54, 1.807) is 4.90 Å². The first-order chi connectivity index (χ1) is 14.3. The maximum atomic E-state index is 13.2. The standard InChI is InChI=1S/C22H31N5O3/c1-13(2)20(28)25-8-5-6-15(11-25)18-10-19-23-17-7-9-26(21(29)14(3)4)12-16(17)22(30)27(19)24-18/h10,13-15,24H,5-9,11-12H2,1-4H3/t15-/m1/s1. The van der Waals surface area contributed by atoms with Crippen LogP contribution in [0.5, 0.6) is 0 Å². The van der Waals surface area contributed by atoms with Gasteiger partial charge < -0.3 is 9.80 Å². The quantitative estimate of drug-likeness (QED) is 0.832. The van der Waals surface area contributed by atoms with Crippen molar-refractivity contribution in [2.75, 3.05) is 19.6 Å². The van der Waals surface area contributed by atoms with Gasteiger partial charge in [0.2, 0.25) is 11.8 Å². The van der Waals surface area contributed by atoms with Crippen molar-refractivity contribution >= 4 is 17.5 Å². The molecule has 8 nitrogen and oxygen atoms in total. The molecule has 1 fully saturated rings. The van der Waals surface area contributed by atoms with Gasteiger partial charge in [-0.1, -0.05) is 27.7 Å². The van der Waals surface area contributed by atoms with Gasteiger partial charge in [-0.05, 0) is 12.8 Å². The molecule has 2 aromatic heterocycles. The van der Waals surface area contributed by atoms with Crippen LogP contribution in [0.25, 0.3) is 5.65 Å². The lowest BCUT2D eigenvalue weighted by atomic mass is 9.94. The van der Waals surface area contributed by atoms with E-state index in [2.05, 4.69) is 5.10 Å². The fraction of sp³-hybridized carbons (Fsp3) is 0.636. The number of aromatic nitrogens is 3. The molecule has 0 radical (unpaired) electrons. The van der Waals surface area contributed by atoms with Crippen molar-refractivity contribution in [1.29, 1.82) is 0 Å². The van der Waals surface area contributed by atoms with Gasteiger partial charge in [-0.2, -0.15) is 0 Å². The summed E-state index contributed by atoms with van der Waals surface area (Å²) in [5, 5.41) is 3.24. The largest absolute Gasteiger partial charge is 0.342 e. The Morgan fingerprint density at radius 2 is 1.80 bits per heavy atom. The third-order valence-corrected chi connectivity index (χ3v) is 6.25. The van der Waals surface area contributed by atoms with Crippen molar-refractivity contribution in [3.8, 4) is 0 Å². The number of likely N-dealkylation sites (tertiary alicyclic amines) is 1. The molecule has 1 saturated heterocycles. The van der Waals surface area contributed by atoms with Crippen LogP contribution < -0.4 is 5.56 Å². The highest BCUT2D eigenvalue weighted by molar-refractivity contribution is 5.78. The van der Waals surface area contributed by atoms with E-state index < -0.39 is 0 Å². The number of carbonyl (C=O) groups excluding carboxylic acids is 2. The summed E-state index contributed by atoms with van der Waals surface area (Å²) >= 11 is 0. The van der Waals surface area contributed by atoms with Gasteiger partial charge in [0.25, 0.3) is 5.56 Å². The minimum Gasteiger partial charge on any atom is -0.342 e. The molecular formula is C22H31N5O3. The average molecular weight is 414 g/mol. The number of nitrogens with zero attached hydrogens (tertiary/aromatic N) is 4. The molecule has 0 saturated carbocycles. The molecule has 2 aliphatic rings. The zero-order valence-electron chi connectivity index (χ0n) is 18.3. The predicted octanol–water partition coefficient (Wildman–Crippen LogP) is 1.93. The zero-order chi connectivity index (χ0) is 21.6. The van der Waals surface area contributed by atoms with E-state index in [1.165, 1.54) is 4.52 Å². The number of aromatic amines is 1. The summed E-state index contributed by atoms with van der Waals surface area (Å²) in [5.41, 5.74) is 2.82. The molecule has 1 atom stereocenters. The van der Waals surface area contributed by atoms with E-state index in [4.69, 9.17) is 4.98 Å². The van der Waals surface area contributed by atoms with E-state index in [0.29, 0.717) is 37.3 Å². The van der Waals surface area contributed by atoms with Crippen molar-refractivity contribution in [3.63, 3.8) is 0 Å². The van der Waals surface area contributed by atoms with Crippen molar-refractivity contribution < 1.29 is 9.59 Å². The Hall–Kier alpha value is -2.64. The number of piperidine rings is 1. The predicted molar refractivity (Wildman–Crippen MR) is 113 cm³/mol. The SMILES string of the molecule is CC(C)C(=O)N1CCc2nc3cc([C@@H]4CCCN(C(=O)C(C)C)C4)[nH]n3c(=O)c2C1. The van der Waals surface area contributed by atoms with Gasteiger partial charge in [0, 0.05) is 55.6 Å². The number of nitrogens with one attached hydrogen (secondary N) is 1. The highest BCUT2D eigenvalue weighted by atomic mass is 16.2. The topological polar surface area (TPSA) is 90.8 Å². The van der Waals surface area contributed by atoms with Crippen LogP contribution in [0.2, 0.25) is 0 Å². The van der Waals surface area contributed by atoms with Crippen LogP contribution in [0.1, 0.15) is 63.4 Å². The monoisotopic (exact) mass is 413 g/mol. The summed E-state index contributed by atoms with van der Waals surface area (Å²) in [5.74, 6) is 0.300. The number of carbonyl (C=O) groups is 2. The molecule has 30 heavy (non-hydrogen) atoms. The van der Waals surface area contributed by atoms with Gasteiger partial charge in [-0.3, -0.25) is 19.5 Å². The molecule has 0 aliphatic carbocycles. The van der Waals surface area contributed by atoms with Crippen LogP contribution >= 0.6 is 0 Å². The van der Waals surface area contributed by atoms with Crippen LogP contribution in [-0.2, 0) is 22.6 Å². The molecule has 0 spiro atoms. The van der Waals surface area contributed by atoms with Gasteiger partial charge >= 0.3 is 0 Å². The second-order valence-electron chi connectivity index (χ2n) is 9.19. The Bertz CT molecular complexity index is 1040. The summed E-state index contributed by atoms with van der Waals surface area (Å²) in [6, 6.07) is 1.95. The van der Waals surface area contributed by atoms with Crippen LogP contribution in [-0.4, -0.2) is 55.8 Å². The first-order valence-electron chi connectivity index (χ1n) is 11.0. The molecule has 2 amide bonds. The first kappa shape index (κ1) is 20.6. The van der Waals surface area contributed by atoms with E-state index >= 15 is 0 Å². The zero-order valence-corrected chi connectivity index (χ0v) is 18.3. The van der Waals surface area contributed by atoms with Gasteiger partial charge in [-0.25, -0.2) is 9.50 Å². The van der Waals surface area contributed by atoms with Crippen molar-refractivity contribution in [1.82, 2.24) is 24.4 Å². The van der Waals surface area contributed by atoms with E-state index in [0.717, 1.165) is 30.8 Å². The Balaban J connectivity index is 1.63. The molecular weight excluding hydrogens is 382 g/mol. The summed E-state index contributed by atoms with van der Waals surface area (Å²) in [4.78, 5) is 46.4. The molecule has 4 heterocycles. The van der Waals surface area contributed by atoms with Crippen LogP contribution in [0, 0.1) is 11.8 Å². The number of H-pyrrole nitrogens is 1. The lowest BCUT2D eigenvalue weighted by molar-refractivity contribution is -0.136. The average Bonchev–Trinajstić information content (AvgIpc) is 3.17. The van der Waals surface area contributed by atoms with Crippen molar-refractivity contribution in [2.45, 2.75) is 59.4 Å². The van der Waals surface area contributed by atoms with Crippen molar-refractivity contribution in [3.05, 3.63) is 33.4 Å². The number of hydrogen-bond donors (Lipinski definition) is 1. The lowest BCUT2D eigenvalue weighted by Gasteiger charge is -2.33. The molecule has 8 heteroatoms. The molecule has 4 rings (SSSR count). The highest BCUT2D eigenvalue weighted by Crippen LogP contribution is 2.27. The van der Waals surface area contributed by atoms with Crippen LogP contribution in [0.4, 0.5) is 0 Å². The normalized spacial score (nSPS) is 19.6. The molecule has 0 unspecified atom stereocenters. The van der Waals surface area contributed by atoms with Crippen LogP contribution in [0.3, 0.4) is 0 Å². The first-order valence-corrected chi connectivity index (χ1v) is 11.0. The number of fused-ring (bicyclic) bond motifs is 2. The van der Waals surface area contributed by atoms with Gasteiger partial charge in [0.05, 0.1) is 17.8 Å². The summed E-state index contributed by atoms with van der Waals surface area (Å²) in [6.07, 6.45) is 2.52. The second kappa shape index (κ2) is 7.89. The van der Waals surface area contributed by atoms with Gasteiger partial charge in [0.15, 0.2) is 5.65 Å². The van der Waals surface area contributed by atoms with E-state index in [-0.39, 0.29) is 35.1 Å². The number of hydrogen-bond acceptors (Lipinski definition) is 4. The lowest BCUT2D eigenvalue weighted by Crippen LogP contribution is -2.42. The fourth-order valence-corrected chi connectivity index (χ4v) is 4.56. The Labute approximate surface area is 176 Å². The molecule has 1 N–H and O–H groups in total. The Kier molecular flexibility index (Phi) is 5.42. The minimum absolute atomic E-state index is 0.0148. The maximum absolute atomic E-state index is 13.2. The third-order valence-electron chi connectivity index (χ3n) is 6.25. The molecule has 0 bridgehead atoms. The summed E-state index contributed by atoms with van der Waals surface area (Å²) in [6.45, 7) is 9.97. The third kappa shape index (κ3) is 3.63. The maximum Gasteiger partial charge on any atom is 0.277 e. The highest BCUT2D eigenvalue weighted by Gasteiger charge is 2.29. The van der Waals surface area contributed by atoms with Gasteiger partial charge in [-0.15, -0.1) is 0 Å². The molecule has 162 valence electrons. The fourth-order valence-electron chi connectivity index (χ4n) is 4.56. The Morgan fingerprint density at radius 3 is 2.50 bits per heavy atom. The number of amides is 2. The summed E-state index contributed by atoms with van der Waals surface area (Å²) < 4.78 is 1.50. The van der Waals surface area contributed by atoms with Crippen molar-refractivity contribution in [2.24, 2.45) is 11.8 Å². The second-order valence-corrected chi connectivity index (χ2v) is 9.19. The van der Waals surface area contributed by atoms with Crippen LogP contribution in [0.15, 0.2) is 10.9 Å². The summed E-state index contributed by atoms with van der Waals surface area (Å²) in [7, 11) is 0. The minimum atomic E-state index is -0.131. The molecule has 2 aromatic rings. The van der Waals surface area contributed by atoms with E-state index in [1.807, 2.05) is 38.7 Å². The molecule has 0 aromatic carbocycles. The number of rotatable bonds is 3. The van der Waals surface area contributed by atoms with Gasteiger partial charge in [0.1, 0.15) is 0 Å². The van der Waals surface area contributed by atoms with E-state index in [9.17, 15) is 14.4 Å². The Morgan fingerprint density at radius 1 is 1.10 bits per heavy atom. The molecule has 2 aliphatic heterocycles. The smallest absolute Gasteiger partial charge is 0.277 e.